The Hall–Kier alpha value is -2.98. The zero-order valence-corrected chi connectivity index (χ0v) is 14.1. The first-order valence-electron chi connectivity index (χ1n) is 7.78. The third-order valence-corrected chi connectivity index (χ3v) is 4.23. The van der Waals surface area contributed by atoms with Crippen molar-refractivity contribution in [2.75, 3.05) is 0 Å². The van der Waals surface area contributed by atoms with E-state index in [4.69, 9.17) is 20.0 Å². The Bertz CT molecular complexity index is 750. The van der Waals surface area contributed by atoms with Gasteiger partial charge in [0, 0.05) is 0 Å². The Labute approximate surface area is 142 Å². The van der Waals surface area contributed by atoms with Crippen molar-refractivity contribution in [3.63, 3.8) is 0 Å². The quantitative estimate of drug-likeness (QED) is 0.712. The summed E-state index contributed by atoms with van der Waals surface area (Å²) in [4.78, 5) is 0. The van der Waals surface area contributed by atoms with Gasteiger partial charge in [0.25, 0.3) is 12.5 Å². The van der Waals surface area contributed by atoms with Crippen molar-refractivity contribution in [1.29, 1.82) is 10.5 Å². The van der Waals surface area contributed by atoms with E-state index in [0.717, 1.165) is 6.42 Å². The predicted molar refractivity (Wildman–Crippen MR) is 91.4 cm³/mol. The Kier molecular flexibility index (Phi) is 5.45. The highest BCUT2D eigenvalue weighted by Crippen LogP contribution is 2.35. The number of hydrogen-bond acceptors (Lipinski definition) is 4. The van der Waals surface area contributed by atoms with Crippen molar-refractivity contribution in [1.82, 2.24) is 0 Å². The molecular formula is C20H20N2O2. The summed E-state index contributed by atoms with van der Waals surface area (Å²) in [7, 11) is 0. The number of benzene rings is 2. The average molecular weight is 320 g/mol. The summed E-state index contributed by atoms with van der Waals surface area (Å²) < 4.78 is 9.64. The molecule has 0 saturated carbocycles. The van der Waals surface area contributed by atoms with Crippen molar-refractivity contribution in [2.24, 2.45) is 0 Å². The van der Waals surface area contributed by atoms with Crippen LogP contribution in [0.4, 0.5) is 0 Å². The second-order valence-corrected chi connectivity index (χ2v) is 6.47. The van der Waals surface area contributed by atoms with E-state index in [0.29, 0.717) is 17.4 Å². The first kappa shape index (κ1) is 17.4. The van der Waals surface area contributed by atoms with E-state index in [2.05, 4.69) is 20.8 Å². The maximum absolute atomic E-state index is 8.55. The maximum Gasteiger partial charge on any atom is 0.292 e. The zero-order valence-electron chi connectivity index (χ0n) is 14.1. The normalized spacial score (nSPS) is 11.9. The van der Waals surface area contributed by atoms with Crippen molar-refractivity contribution in [3.05, 3.63) is 59.7 Å². The van der Waals surface area contributed by atoms with Crippen LogP contribution in [0.1, 0.15) is 44.2 Å². The smallest absolute Gasteiger partial charge is 0.292 e. The van der Waals surface area contributed by atoms with Crippen LogP contribution < -0.4 is 9.47 Å². The van der Waals surface area contributed by atoms with Gasteiger partial charge in [0.15, 0.2) is 0 Å². The Morgan fingerprint density at radius 1 is 0.875 bits per heavy atom. The largest absolute Gasteiger partial charge is 0.388 e. The molecule has 2 rings (SSSR count). The van der Waals surface area contributed by atoms with E-state index in [9.17, 15) is 0 Å². The topological polar surface area (TPSA) is 66.0 Å². The molecule has 0 fully saturated rings. The van der Waals surface area contributed by atoms with Gasteiger partial charge in [-0.15, -0.1) is 10.5 Å². The second kappa shape index (κ2) is 7.53. The highest BCUT2D eigenvalue weighted by molar-refractivity contribution is 5.34. The van der Waals surface area contributed by atoms with Gasteiger partial charge in [0.2, 0.25) is 0 Å². The lowest BCUT2D eigenvalue weighted by Crippen LogP contribution is -2.20. The van der Waals surface area contributed by atoms with Gasteiger partial charge in [0.1, 0.15) is 11.5 Å². The van der Waals surface area contributed by atoms with Crippen molar-refractivity contribution in [2.45, 2.75) is 38.5 Å². The molecule has 4 heteroatoms. The van der Waals surface area contributed by atoms with E-state index in [1.807, 2.05) is 48.5 Å². The standard InChI is InChI=1S/C20H20N2O2/c1-15(16-4-8-18(9-5-16)23-13-21)12-20(2,3)17-6-10-19(11-7-17)24-14-22/h4-11,15H,12H2,1-3H3. The molecule has 1 atom stereocenters. The summed E-state index contributed by atoms with van der Waals surface area (Å²) in [5.41, 5.74) is 2.38. The van der Waals surface area contributed by atoms with Gasteiger partial charge in [-0.05, 0) is 53.1 Å². The van der Waals surface area contributed by atoms with Gasteiger partial charge in [-0.2, -0.15) is 0 Å². The molecule has 0 saturated heterocycles. The van der Waals surface area contributed by atoms with Crippen molar-refractivity contribution < 1.29 is 9.47 Å². The van der Waals surface area contributed by atoms with Crippen LogP contribution in [-0.4, -0.2) is 0 Å². The summed E-state index contributed by atoms with van der Waals surface area (Å²) in [6, 6.07) is 15.3. The van der Waals surface area contributed by atoms with E-state index in [1.54, 1.807) is 12.5 Å². The average Bonchev–Trinajstić information content (AvgIpc) is 2.56. The molecule has 0 aliphatic carbocycles. The molecule has 4 nitrogen and oxygen atoms in total. The van der Waals surface area contributed by atoms with E-state index in [1.165, 1.54) is 11.1 Å². The molecule has 1 unspecified atom stereocenters. The minimum absolute atomic E-state index is 0.0214. The summed E-state index contributed by atoms with van der Waals surface area (Å²) in [5.74, 6) is 1.46. The molecule has 0 aromatic heterocycles. The van der Waals surface area contributed by atoms with Crippen LogP contribution in [0.25, 0.3) is 0 Å². The van der Waals surface area contributed by atoms with E-state index >= 15 is 0 Å². The lowest BCUT2D eigenvalue weighted by Gasteiger charge is -2.29. The molecule has 0 amide bonds. The Morgan fingerprint density at radius 2 is 1.33 bits per heavy atom. The highest BCUT2D eigenvalue weighted by atomic mass is 16.5. The molecule has 0 aliphatic rings. The lowest BCUT2D eigenvalue weighted by atomic mass is 9.76. The molecule has 0 aliphatic heterocycles. The Morgan fingerprint density at radius 3 is 1.79 bits per heavy atom. The first-order valence-corrected chi connectivity index (χ1v) is 7.78. The maximum atomic E-state index is 8.55. The molecule has 0 N–H and O–H groups in total. The zero-order chi connectivity index (χ0) is 17.6. The fourth-order valence-electron chi connectivity index (χ4n) is 2.95. The van der Waals surface area contributed by atoms with Gasteiger partial charge >= 0.3 is 0 Å². The van der Waals surface area contributed by atoms with Gasteiger partial charge in [-0.25, -0.2) is 0 Å². The van der Waals surface area contributed by atoms with Crippen molar-refractivity contribution >= 4 is 0 Å². The van der Waals surface area contributed by atoms with E-state index in [-0.39, 0.29) is 5.41 Å². The molecule has 2 aromatic carbocycles. The van der Waals surface area contributed by atoms with Crippen LogP contribution in [-0.2, 0) is 5.41 Å². The minimum atomic E-state index is -0.0214. The van der Waals surface area contributed by atoms with Gasteiger partial charge in [0.05, 0.1) is 0 Å². The fourth-order valence-corrected chi connectivity index (χ4v) is 2.95. The summed E-state index contributed by atoms with van der Waals surface area (Å²) in [5, 5.41) is 17.1. The molecule has 122 valence electrons. The van der Waals surface area contributed by atoms with Crippen LogP contribution in [0.15, 0.2) is 48.5 Å². The lowest BCUT2D eigenvalue weighted by molar-refractivity contribution is 0.437. The van der Waals surface area contributed by atoms with Gasteiger partial charge in [-0.3, -0.25) is 0 Å². The molecule has 2 aromatic rings. The summed E-state index contributed by atoms with van der Waals surface area (Å²) >= 11 is 0. The molecule has 0 bridgehead atoms. The SMILES string of the molecule is CC(CC(C)(C)c1ccc(OC#N)cc1)c1ccc(OC#N)cc1. The number of nitriles is 2. The summed E-state index contributed by atoms with van der Waals surface area (Å²) in [6.07, 6.45) is 4.32. The van der Waals surface area contributed by atoms with Gasteiger partial charge in [-0.1, -0.05) is 45.0 Å². The summed E-state index contributed by atoms with van der Waals surface area (Å²) in [6.45, 7) is 6.60. The minimum Gasteiger partial charge on any atom is -0.388 e. The monoisotopic (exact) mass is 320 g/mol. The number of ether oxygens (including phenoxy) is 2. The third-order valence-electron chi connectivity index (χ3n) is 4.23. The van der Waals surface area contributed by atoms with E-state index < -0.39 is 0 Å². The molecule has 0 heterocycles. The molecular weight excluding hydrogens is 300 g/mol. The number of nitrogens with zero attached hydrogens (tertiary/aromatic N) is 2. The van der Waals surface area contributed by atoms with Crippen LogP contribution in [0.2, 0.25) is 0 Å². The number of rotatable bonds is 6. The van der Waals surface area contributed by atoms with Gasteiger partial charge < -0.3 is 9.47 Å². The Balaban J connectivity index is 2.09. The van der Waals surface area contributed by atoms with Crippen LogP contribution in [0.5, 0.6) is 11.5 Å². The molecule has 0 spiro atoms. The van der Waals surface area contributed by atoms with Crippen LogP contribution in [0.3, 0.4) is 0 Å². The second-order valence-electron chi connectivity index (χ2n) is 6.47. The molecule has 24 heavy (non-hydrogen) atoms. The van der Waals surface area contributed by atoms with Crippen molar-refractivity contribution in [3.8, 4) is 24.0 Å². The first-order chi connectivity index (χ1) is 11.5. The number of hydrogen-bond donors (Lipinski definition) is 0. The predicted octanol–water partition coefficient (Wildman–Crippen LogP) is 4.88. The van der Waals surface area contributed by atoms with Crippen LogP contribution >= 0.6 is 0 Å². The van der Waals surface area contributed by atoms with Crippen LogP contribution in [0, 0.1) is 23.0 Å². The fraction of sp³-hybridized carbons (Fsp3) is 0.300. The molecule has 0 radical (unpaired) electrons. The third kappa shape index (κ3) is 4.27. The highest BCUT2D eigenvalue weighted by Gasteiger charge is 2.24.